The molecule has 8 nitrogen and oxygen atoms in total. The van der Waals surface area contributed by atoms with Gasteiger partial charge in [0.15, 0.2) is 21.3 Å². The van der Waals surface area contributed by atoms with Crippen molar-refractivity contribution in [3.8, 4) is 22.9 Å². The molecule has 0 amide bonds. The number of hydrogen-bond donors (Lipinski definition) is 1. The summed E-state index contributed by atoms with van der Waals surface area (Å²) in [6.07, 6.45) is 1.60. The Balaban J connectivity index is 2.30. The fourth-order valence-corrected chi connectivity index (χ4v) is 4.37. The summed E-state index contributed by atoms with van der Waals surface area (Å²) in [6.45, 7) is 4.95. The van der Waals surface area contributed by atoms with Crippen molar-refractivity contribution in [3.05, 3.63) is 30.6 Å². The minimum atomic E-state index is -3.65. The average Bonchev–Trinajstić information content (AvgIpc) is 3.08. The SMILES string of the molecule is COc1cc2ncn(-c3cc(N)c(OC)c(OC)c3)c2cc1S(=O)(=O)C(C)(C)C. The molecule has 0 fully saturated rings. The van der Waals surface area contributed by atoms with E-state index in [0.29, 0.717) is 33.9 Å². The fourth-order valence-electron chi connectivity index (χ4n) is 3.04. The van der Waals surface area contributed by atoms with E-state index >= 15 is 0 Å². The van der Waals surface area contributed by atoms with Crippen molar-refractivity contribution in [2.45, 2.75) is 30.4 Å². The van der Waals surface area contributed by atoms with E-state index in [2.05, 4.69) is 4.98 Å². The van der Waals surface area contributed by atoms with Crippen LogP contribution >= 0.6 is 0 Å². The number of nitrogen functional groups attached to an aromatic ring is 1. The van der Waals surface area contributed by atoms with Gasteiger partial charge in [0.25, 0.3) is 0 Å². The van der Waals surface area contributed by atoms with Crippen LogP contribution in [-0.2, 0) is 9.84 Å². The van der Waals surface area contributed by atoms with Gasteiger partial charge in [-0.25, -0.2) is 13.4 Å². The second-order valence-electron chi connectivity index (χ2n) is 7.49. The highest BCUT2D eigenvalue weighted by Crippen LogP contribution is 2.38. The summed E-state index contributed by atoms with van der Waals surface area (Å²) in [5.74, 6) is 1.14. The molecule has 0 aliphatic carbocycles. The molecule has 0 radical (unpaired) electrons. The molecule has 3 aromatic rings. The van der Waals surface area contributed by atoms with Crippen molar-refractivity contribution in [3.63, 3.8) is 0 Å². The van der Waals surface area contributed by atoms with Crippen molar-refractivity contribution in [1.29, 1.82) is 0 Å². The molecule has 156 valence electrons. The summed E-state index contributed by atoms with van der Waals surface area (Å²) in [5, 5.41) is 0. The molecule has 0 unspecified atom stereocenters. The monoisotopic (exact) mass is 419 g/mol. The van der Waals surface area contributed by atoms with Gasteiger partial charge in [0.2, 0.25) is 0 Å². The zero-order valence-corrected chi connectivity index (χ0v) is 18.1. The molecule has 0 saturated carbocycles. The summed E-state index contributed by atoms with van der Waals surface area (Å²) in [7, 11) is 0.815. The lowest BCUT2D eigenvalue weighted by molar-refractivity contribution is 0.356. The highest BCUT2D eigenvalue weighted by molar-refractivity contribution is 7.92. The molecule has 0 aliphatic rings. The van der Waals surface area contributed by atoms with Crippen molar-refractivity contribution in [2.75, 3.05) is 27.1 Å². The lowest BCUT2D eigenvalue weighted by Crippen LogP contribution is -2.28. The maximum Gasteiger partial charge on any atom is 0.186 e. The van der Waals surface area contributed by atoms with Crippen LogP contribution in [0.3, 0.4) is 0 Å². The Kier molecular flexibility index (Phi) is 5.12. The highest BCUT2D eigenvalue weighted by Gasteiger charge is 2.34. The predicted octanol–water partition coefficient (Wildman–Crippen LogP) is 3.21. The predicted molar refractivity (Wildman–Crippen MR) is 112 cm³/mol. The van der Waals surface area contributed by atoms with Crippen LogP contribution in [-0.4, -0.2) is 44.0 Å². The highest BCUT2D eigenvalue weighted by atomic mass is 32.2. The smallest absolute Gasteiger partial charge is 0.186 e. The number of nitrogens with two attached hydrogens (primary N) is 1. The van der Waals surface area contributed by atoms with Crippen LogP contribution in [0.1, 0.15) is 20.8 Å². The number of methoxy groups -OCH3 is 3. The summed E-state index contributed by atoms with van der Waals surface area (Å²) in [4.78, 5) is 4.50. The third-order valence-electron chi connectivity index (χ3n) is 4.70. The van der Waals surface area contributed by atoms with Gasteiger partial charge in [0.05, 0.1) is 48.5 Å². The Labute approximate surface area is 170 Å². The third kappa shape index (κ3) is 3.35. The van der Waals surface area contributed by atoms with Crippen LogP contribution in [0.4, 0.5) is 5.69 Å². The molecule has 0 spiro atoms. The van der Waals surface area contributed by atoms with Crippen LogP contribution < -0.4 is 19.9 Å². The Morgan fingerprint density at radius 1 is 0.966 bits per heavy atom. The van der Waals surface area contributed by atoms with Crippen LogP contribution in [0, 0.1) is 0 Å². The van der Waals surface area contributed by atoms with E-state index in [4.69, 9.17) is 19.9 Å². The van der Waals surface area contributed by atoms with Gasteiger partial charge >= 0.3 is 0 Å². The van der Waals surface area contributed by atoms with E-state index in [0.717, 1.165) is 0 Å². The summed E-state index contributed by atoms with van der Waals surface area (Å²) < 4.78 is 43.0. The van der Waals surface area contributed by atoms with Crippen molar-refractivity contribution in [1.82, 2.24) is 9.55 Å². The molecule has 0 atom stereocenters. The Bertz CT molecular complexity index is 1180. The van der Waals surface area contributed by atoms with Crippen LogP contribution in [0.5, 0.6) is 17.2 Å². The number of fused-ring (bicyclic) bond motifs is 1. The lowest BCUT2D eigenvalue weighted by atomic mass is 10.2. The van der Waals surface area contributed by atoms with Gasteiger partial charge in [-0.15, -0.1) is 0 Å². The van der Waals surface area contributed by atoms with Crippen LogP contribution in [0.2, 0.25) is 0 Å². The molecule has 2 N–H and O–H groups in total. The molecule has 29 heavy (non-hydrogen) atoms. The molecule has 0 saturated heterocycles. The van der Waals surface area contributed by atoms with E-state index in [9.17, 15) is 8.42 Å². The van der Waals surface area contributed by atoms with E-state index in [-0.39, 0.29) is 10.6 Å². The second kappa shape index (κ2) is 7.14. The molecular weight excluding hydrogens is 394 g/mol. The first kappa shape index (κ1) is 20.8. The fraction of sp³-hybridized carbons (Fsp3) is 0.350. The first-order valence-electron chi connectivity index (χ1n) is 8.86. The number of anilines is 1. The normalized spacial score (nSPS) is 12.2. The molecule has 9 heteroatoms. The van der Waals surface area contributed by atoms with Gasteiger partial charge in [-0.1, -0.05) is 0 Å². The molecular formula is C20H25N3O5S. The van der Waals surface area contributed by atoms with Gasteiger partial charge in [-0.05, 0) is 32.9 Å². The van der Waals surface area contributed by atoms with E-state index in [1.165, 1.54) is 21.3 Å². The number of hydrogen-bond acceptors (Lipinski definition) is 7. The molecule has 2 aromatic carbocycles. The van der Waals surface area contributed by atoms with Gasteiger partial charge < -0.3 is 19.9 Å². The van der Waals surface area contributed by atoms with Crippen molar-refractivity contribution < 1.29 is 22.6 Å². The standard InChI is InChI=1S/C20H25N3O5S/c1-20(2,3)29(24,25)18-10-15-14(9-16(18)26-4)22-11-23(15)12-7-13(21)19(28-6)17(8-12)27-5/h7-11H,21H2,1-6H3. The lowest BCUT2D eigenvalue weighted by Gasteiger charge is -2.21. The number of ether oxygens (including phenoxy) is 3. The zero-order valence-electron chi connectivity index (χ0n) is 17.3. The topological polar surface area (TPSA) is 106 Å². The van der Waals surface area contributed by atoms with Crippen molar-refractivity contribution in [2.24, 2.45) is 0 Å². The Hall–Kier alpha value is -2.94. The number of nitrogens with zero attached hydrogens (tertiary/aromatic N) is 2. The van der Waals surface area contributed by atoms with Gasteiger partial charge in [0, 0.05) is 12.1 Å². The first-order chi connectivity index (χ1) is 13.5. The quantitative estimate of drug-likeness (QED) is 0.633. The molecule has 1 aromatic heterocycles. The third-order valence-corrected chi connectivity index (χ3v) is 7.21. The molecule has 3 rings (SSSR count). The van der Waals surface area contributed by atoms with Gasteiger partial charge in [-0.2, -0.15) is 0 Å². The molecule has 0 aliphatic heterocycles. The number of imidazole rings is 1. The molecule has 1 heterocycles. The van der Waals surface area contributed by atoms with E-state index < -0.39 is 14.6 Å². The van der Waals surface area contributed by atoms with Crippen LogP contribution in [0.25, 0.3) is 16.7 Å². The minimum absolute atomic E-state index is 0.107. The van der Waals surface area contributed by atoms with Gasteiger partial charge in [-0.3, -0.25) is 4.57 Å². The first-order valence-corrected chi connectivity index (χ1v) is 10.3. The average molecular weight is 420 g/mol. The number of aromatic nitrogens is 2. The summed E-state index contributed by atoms with van der Waals surface area (Å²) in [6, 6.07) is 6.66. The van der Waals surface area contributed by atoms with Gasteiger partial charge in [0.1, 0.15) is 17.0 Å². The summed E-state index contributed by atoms with van der Waals surface area (Å²) >= 11 is 0. The number of rotatable bonds is 5. The van der Waals surface area contributed by atoms with E-state index in [1.807, 2.05) is 0 Å². The Morgan fingerprint density at radius 3 is 2.17 bits per heavy atom. The second-order valence-corrected chi connectivity index (χ2v) is 10.2. The largest absolute Gasteiger partial charge is 0.495 e. The molecule has 0 bridgehead atoms. The summed E-state index contributed by atoms with van der Waals surface area (Å²) in [5.41, 5.74) is 8.34. The van der Waals surface area contributed by atoms with Crippen LogP contribution in [0.15, 0.2) is 35.5 Å². The number of sulfone groups is 1. The minimum Gasteiger partial charge on any atom is -0.495 e. The zero-order chi connectivity index (χ0) is 21.6. The number of benzene rings is 2. The maximum atomic E-state index is 13.1. The maximum absolute atomic E-state index is 13.1. The Morgan fingerprint density at radius 2 is 1.62 bits per heavy atom. The van der Waals surface area contributed by atoms with E-state index in [1.54, 1.807) is 55.9 Å². The van der Waals surface area contributed by atoms with Crippen molar-refractivity contribution >= 4 is 26.6 Å².